The van der Waals surface area contributed by atoms with E-state index in [0.29, 0.717) is 29.0 Å². The number of thiophene rings is 1. The first-order chi connectivity index (χ1) is 15.6. The number of anilines is 1. The fourth-order valence-corrected chi connectivity index (χ4v) is 4.73. The Morgan fingerprint density at radius 2 is 1.78 bits per heavy atom. The minimum Gasteiger partial charge on any atom is -0.353 e. The van der Waals surface area contributed by atoms with Gasteiger partial charge in [-0.05, 0) is 41.3 Å². The number of H-pyrrole nitrogens is 1. The van der Waals surface area contributed by atoms with E-state index in [9.17, 15) is 14.4 Å². The molecule has 8 nitrogen and oxygen atoms in total. The number of amides is 1. The summed E-state index contributed by atoms with van der Waals surface area (Å²) < 4.78 is 1.63. The quantitative estimate of drug-likeness (QED) is 0.517. The minimum atomic E-state index is -0.476. The first-order valence-corrected chi connectivity index (χ1v) is 11.2. The van der Waals surface area contributed by atoms with Crippen molar-refractivity contribution < 1.29 is 4.79 Å². The normalized spacial score (nSPS) is 14.1. The summed E-state index contributed by atoms with van der Waals surface area (Å²) in [6.07, 6.45) is 2.05. The Kier molecular flexibility index (Phi) is 5.32. The molecule has 32 heavy (non-hydrogen) atoms. The number of hydrogen-bond acceptors (Lipinski definition) is 6. The van der Waals surface area contributed by atoms with Gasteiger partial charge in [0, 0.05) is 32.4 Å². The SMILES string of the molecule is O=C(Cc1ccc(-n2c(=O)[nH]c3ccsc3c2=O)cc1)N1CCN(c2ccccn2)CC1. The van der Waals surface area contributed by atoms with Gasteiger partial charge < -0.3 is 14.8 Å². The van der Waals surface area contributed by atoms with Crippen molar-refractivity contribution in [3.63, 3.8) is 0 Å². The lowest BCUT2D eigenvalue weighted by atomic mass is 10.1. The Labute approximate surface area is 187 Å². The van der Waals surface area contributed by atoms with Gasteiger partial charge in [0.15, 0.2) is 0 Å². The maximum atomic E-state index is 12.8. The van der Waals surface area contributed by atoms with E-state index in [4.69, 9.17) is 0 Å². The molecule has 0 saturated carbocycles. The van der Waals surface area contributed by atoms with Crippen molar-refractivity contribution in [3.8, 4) is 5.69 Å². The van der Waals surface area contributed by atoms with Crippen molar-refractivity contribution in [2.45, 2.75) is 6.42 Å². The van der Waals surface area contributed by atoms with E-state index in [0.717, 1.165) is 29.0 Å². The van der Waals surface area contributed by atoms with Gasteiger partial charge in [0.2, 0.25) is 5.91 Å². The van der Waals surface area contributed by atoms with Crippen LogP contribution in [0.3, 0.4) is 0 Å². The van der Waals surface area contributed by atoms with E-state index in [1.54, 1.807) is 41.9 Å². The number of nitrogens with one attached hydrogen (secondary N) is 1. The number of rotatable bonds is 4. The number of hydrogen-bond donors (Lipinski definition) is 1. The molecule has 1 amide bonds. The average molecular weight is 448 g/mol. The molecule has 9 heteroatoms. The highest BCUT2D eigenvalue weighted by atomic mass is 32.1. The molecule has 0 aliphatic carbocycles. The molecule has 0 spiro atoms. The second kappa shape index (κ2) is 8.43. The summed E-state index contributed by atoms with van der Waals surface area (Å²) in [6.45, 7) is 2.80. The second-order valence-corrected chi connectivity index (χ2v) is 8.55. The van der Waals surface area contributed by atoms with Crippen LogP contribution in [0.15, 0.2) is 69.7 Å². The molecule has 1 aromatic carbocycles. The fraction of sp³-hybridized carbons (Fsp3) is 0.217. The zero-order valence-electron chi connectivity index (χ0n) is 17.2. The second-order valence-electron chi connectivity index (χ2n) is 7.63. The molecule has 4 aromatic rings. The first kappa shape index (κ1) is 20.2. The van der Waals surface area contributed by atoms with Crippen LogP contribution in [0.4, 0.5) is 5.82 Å². The van der Waals surface area contributed by atoms with Crippen LogP contribution < -0.4 is 16.1 Å². The van der Waals surface area contributed by atoms with Crippen molar-refractivity contribution in [2.75, 3.05) is 31.1 Å². The van der Waals surface area contributed by atoms with Crippen LogP contribution in [0.25, 0.3) is 15.9 Å². The molecule has 0 radical (unpaired) electrons. The zero-order chi connectivity index (χ0) is 22.1. The molecule has 0 bridgehead atoms. The molecular weight excluding hydrogens is 426 g/mol. The third kappa shape index (κ3) is 3.82. The molecule has 1 fully saturated rings. The van der Waals surface area contributed by atoms with Gasteiger partial charge in [-0.2, -0.15) is 0 Å². The Morgan fingerprint density at radius 3 is 2.50 bits per heavy atom. The van der Waals surface area contributed by atoms with Crippen molar-refractivity contribution >= 4 is 33.3 Å². The van der Waals surface area contributed by atoms with Gasteiger partial charge in [-0.25, -0.2) is 14.3 Å². The molecule has 0 unspecified atom stereocenters. The molecule has 3 aromatic heterocycles. The van der Waals surface area contributed by atoms with Crippen molar-refractivity contribution in [1.82, 2.24) is 19.4 Å². The van der Waals surface area contributed by atoms with Crippen molar-refractivity contribution in [1.29, 1.82) is 0 Å². The number of carbonyl (C=O) groups is 1. The third-order valence-electron chi connectivity index (χ3n) is 5.66. The smallest absolute Gasteiger partial charge is 0.333 e. The monoisotopic (exact) mass is 447 g/mol. The van der Waals surface area contributed by atoms with Crippen molar-refractivity contribution in [3.05, 3.63) is 86.5 Å². The van der Waals surface area contributed by atoms with Gasteiger partial charge in [0.05, 0.1) is 17.6 Å². The fourth-order valence-electron chi connectivity index (χ4n) is 3.95. The third-order valence-corrected chi connectivity index (χ3v) is 6.57. The molecule has 1 aliphatic heterocycles. The molecule has 1 aliphatic rings. The molecular formula is C23H21N5O3S. The molecule has 5 rings (SSSR count). The molecule has 4 heterocycles. The summed E-state index contributed by atoms with van der Waals surface area (Å²) in [5.41, 5.74) is 1.05. The van der Waals surface area contributed by atoms with E-state index in [2.05, 4.69) is 14.9 Å². The summed E-state index contributed by atoms with van der Waals surface area (Å²) >= 11 is 1.30. The van der Waals surface area contributed by atoms with Crippen LogP contribution in [-0.4, -0.2) is 51.5 Å². The Morgan fingerprint density at radius 1 is 1.00 bits per heavy atom. The van der Waals surface area contributed by atoms with E-state index in [1.807, 2.05) is 23.1 Å². The summed E-state index contributed by atoms with van der Waals surface area (Å²) in [5.74, 6) is 0.995. The van der Waals surface area contributed by atoms with E-state index >= 15 is 0 Å². The number of fused-ring (bicyclic) bond motifs is 1. The lowest BCUT2D eigenvalue weighted by Crippen LogP contribution is -2.49. The highest BCUT2D eigenvalue weighted by Gasteiger charge is 2.22. The molecule has 162 valence electrons. The standard InChI is InChI=1S/C23H21N5O3S/c29-20(27-12-10-26(11-13-27)19-3-1-2-9-24-19)15-16-4-6-17(7-5-16)28-22(30)21-18(8-14-32-21)25-23(28)31/h1-9,14H,10-13,15H2,(H,25,31). The molecule has 0 atom stereocenters. The number of benzene rings is 1. The van der Waals surface area contributed by atoms with Gasteiger partial charge in [-0.3, -0.25) is 9.59 Å². The lowest BCUT2D eigenvalue weighted by molar-refractivity contribution is -0.130. The van der Waals surface area contributed by atoms with Gasteiger partial charge in [-0.15, -0.1) is 11.3 Å². The van der Waals surface area contributed by atoms with E-state index in [1.165, 1.54) is 11.3 Å². The number of carbonyl (C=O) groups excluding carboxylic acids is 1. The van der Waals surface area contributed by atoms with Crippen LogP contribution in [-0.2, 0) is 11.2 Å². The topological polar surface area (TPSA) is 91.3 Å². The minimum absolute atomic E-state index is 0.0634. The average Bonchev–Trinajstić information content (AvgIpc) is 3.29. The maximum Gasteiger partial charge on any atom is 0.333 e. The van der Waals surface area contributed by atoms with Crippen LogP contribution >= 0.6 is 11.3 Å². The number of nitrogens with zero attached hydrogens (tertiary/aromatic N) is 4. The summed E-state index contributed by atoms with van der Waals surface area (Å²) in [6, 6.07) is 14.5. The van der Waals surface area contributed by atoms with Gasteiger partial charge in [-0.1, -0.05) is 18.2 Å². The number of aromatic nitrogens is 3. The molecule has 1 saturated heterocycles. The van der Waals surface area contributed by atoms with Gasteiger partial charge in [0.25, 0.3) is 5.56 Å². The van der Waals surface area contributed by atoms with Crippen LogP contribution in [0, 0.1) is 0 Å². The van der Waals surface area contributed by atoms with E-state index in [-0.39, 0.29) is 17.9 Å². The predicted molar refractivity (Wildman–Crippen MR) is 125 cm³/mol. The Balaban J connectivity index is 1.26. The maximum absolute atomic E-state index is 12.8. The number of pyridine rings is 1. The van der Waals surface area contributed by atoms with Crippen molar-refractivity contribution in [2.24, 2.45) is 0 Å². The number of aromatic amines is 1. The van der Waals surface area contributed by atoms with Gasteiger partial charge in [0.1, 0.15) is 10.5 Å². The predicted octanol–water partition coefficient (Wildman–Crippen LogP) is 2.03. The first-order valence-electron chi connectivity index (χ1n) is 10.4. The Bertz CT molecular complexity index is 1370. The van der Waals surface area contributed by atoms with Gasteiger partial charge >= 0.3 is 5.69 Å². The van der Waals surface area contributed by atoms with E-state index < -0.39 is 5.69 Å². The Hall–Kier alpha value is -3.72. The number of piperazine rings is 1. The van der Waals surface area contributed by atoms with Crippen LogP contribution in [0.2, 0.25) is 0 Å². The van der Waals surface area contributed by atoms with Crippen LogP contribution in [0.1, 0.15) is 5.56 Å². The molecule has 1 N–H and O–H groups in total. The summed E-state index contributed by atoms with van der Waals surface area (Å²) in [4.78, 5) is 49.0. The summed E-state index contributed by atoms with van der Waals surface area (Å²) in [5, 5.41) is 1.78. The highest BCUT2D eigenvalue weighted by Crippen LogP contribution is 2.16. The zero-order valence-corrected chi connectivity index (χ0v) is 18.0. The summed E-state index contributed by atoms with van der Waals surface area (Å²) in [7, 11) is 0. The van der Waals surface area contributed by atoms with Crippen LogP contribution in [0.5, 0.6) is 0 Å². The lowest BCUT2D eigenvalue weighted by Gasteiger charge is -2.35. The largest absolute Gasteiger partial charge is 0.353 e. The highest BCUT2D eigenvalue weighted by molar-refractivity contribution is 7.17.